The first-order valence-corrected chi connectivity index (χ1v) is 10.0. The molecule has 0 saturated carbocycles. The maximum atomic E-state index is 12.5. The van der Waals surface area contributed by atoms with E-state index in [-0.39, 0.29) is 11.7 Å². The molecule has 1 aromatic heterocycles. The molecule has 0 aliphatic heterocycles. The first kappa shape index (κ1) is 20.0. The van der Waals surface area contributed by atoms with Crippen molar-refractivity contribution < 1.29 is 9.21 Å². The summed E-state index contributed by atoms with van der Waals surface area (Å²) in [4.78, 5) is 12.5. The van der Waals surface area contributed by atoms with Gasteiger partial charge < -0.3 is 9.73 Å². The summed E-state index contributed by atoms with van der Waals surface area (Å²) in [5.74, 6) is 0.329. The van der Waals surface area contributed by atoms with Crippen molar-refractivity contribution in [2.45, 2.75) is 0 Å². The van der Waals surface area contributed by atoms with Crippen LogP contribution in [0.4, 0.5) is 5.69 Å². The summed E-state index contributed by atoms with van der Waals surface area (Å²) in [5.41, 5.74) is 3.48. The molecule has 1 amide bonds. The third-order valence-electron chi connectivity index (χ3n) is 4.46. The Morgan fingerprint density at radius 2 is 1.50 bits per heavy atom. The number of anilines is 1. The molecule has 0 bridgehead atoms. The van der Waals surface area contributed by atoms with E-state index < -0.39 is 0 Å². The number of furan rings is 1. The predicted octanol–water partition coefficient (Wildman–Crippen LogP) is 7.68. The third kappa shape index (κ3) is 4.82. The van der Waals surface area contributed by atoms with E-state index in [1.54, 1.807) is 30.3 Å². The van der Waals surface area contributed by atoms with Gasteiger partial charge in [0.15, 0.2) is 5.76 Å². The van der Waals surface area contributed by atoms with Crippen molar-refractivity contribution in [2.75, 3.05) is 5.32 Å². The molecule has 3 nitrogen and oxygen atoms in total. The first-order chi connectivity index (χ1) is 14.6. The van der Waals surface area contributed by atoms with Gasteiger partial charge in [0.2, 0.25) is 0 Å². The lowest BCUT2D eigenvalue weighted by atomic mass is 10.1. The Balaban J connectivity index is 1.44. The lowest BCUT2D eigenvalue weighted by Crippen LogP contribution is -2.10. The molecule has 30 heavy (non-hydrogen) atoms. The Labute approximate surface area is 184 Å². The van der Waals surface area contributed by atoms with E-state index in [1.807, 2.05) is 66.7 Å². The SMILES string of the molecule is O=C(Nc1ccc(/C=C/c2ccccc2)cc1)c1ccc(-c2cc(Cl)ccc2Cl)o1. The Bertz CT molecular complexity index is 1200. The molecular formula is C25H17Cl2NO2. The van der Waals surface area contributed by atoms with Crippen LogP contribution in [0, 0.1) is 0 Å². The molecule has 0 unspecified atom stereocenters. The molecule has 0 saturated heterocycles. The number of rotatable bonds is 5. The summed E-state index contributed by atoms with van der Waals surface area (Å²) < 4.78 is 5.68. The zero-order valence-electron chi connectivity index (χ0n) is 15.8. The van der Waals surface area contributed by atoms with Crippen molar-refractivity contribution >= 4 is 46.9 Å². The molecule has 1 N–H and O–H groups in total. The summed E-state index contributed by atoms with van der Waals surface area (Å²) in [6.45, 7) is 0. The average molecular weight is 434 g/mol. The van der Waals surface area contributed by atoms with Gasteiger partial charge in [-0.3, -0.25) is 4.79 Å². The van der Waals surface area contributed by atoms with Crippen molar-refractivity contribution in [3.05, 3.63) is 112 Å². The van der Waals surface area contributed by atoms with Crippen LogP contribution in [0.25, 0.3) is 23.5 Å². The van der Waals surface area contributed by atoms with E-state index in [2.05, 4.69) is 5.32 Å². The average Bonchev–Trinajstić information content (AvgIpc) is 3.26. The lowest BCUT2D eigenvalue weighted by Gasteiger charge is -2.04. The second kappa shape index (κ2) is 9.04. The lowest BCUT2D eigenvalue weighted by molar-refractivity contribution is 0.0997. The Kier molecular flexibility index (Phi) is 6.03. The van der Waals surface area contributed by atoms with Crippen LogP contribution < -0.4 is 5.32 Å². The molecule has 0 radical (unpaired) electrons. The highest BCUT2D eigenvalue weighted by atomic mass is 35.5. The van der Waals surface area contributed by atoms with Crippen LogP contribution in [0.2, 0.25) is 10.0 Å². The molecule has 0 atom stereocenters. The van der Waals surface area contributed by atoms with Gasteiger partial charge in [0.05, 0.1) is 5.02 Å². The first-order valence-electron chi connectivity index (χ1n) is 9.28. The minimum absolute atomic E-state index is 0.189. The van der Waals surface area contributed by atoms with Crippen LogP contribution in [-0.2, 0) is 0 Å². The van der Waals surface area contributed by atoms with Crippen LogP contribution in [0.5, 0.6) is 0 Å². The summed E-state index contributed by atoms with van der Waals surface area (Å²) in [5, 5.41) is 3.87. The second-order valence-electron chi connectivity index (χ2n) is 6.61. The summed E-state index contributed by atoms with van der Waals surface area (Å²) in [6.07, 6.45) is 4.06. The molecular weight excluding hydrogens is 417 g/mol. The summed E-state index contributed by atoms with van der Waals surface area (Å²) in [7, 11) is 0. The van der Waals surface area contributed by atoms with Gasteiger partial charge in [-0.2, -0.15) is 0 Å². The molecule has 4 aromatic rings. The quantitative estimate of drug-likeness (QED) is 0.328. The normalized spacial score (nSPS) is 11.0. The van der Waals surface area contributed by atoms with Crippen LogP contribution in [-0.4, -0.2) is 5.91 Å². The molecule has 4 rings (SSSR count). The molecule has 3 aromatic carbocycles. The molecule has 0 spiro atoms. The van der Waals surface area contributed by atoms with Gasteiger partial charge in [-0.1, -0.05) is 77.8 Å². The van der Waals surface area contributed by atoms with E-state index in [0.29, 0.717) is 27.1 Å². The van der Waals surface area contributed by atoms with E-state index in [9.17, 15) is 4.79 Å². The minimum atomic E-state index is -0.341. The highest BCUT2D eigenvalue weighted by molar-refractivity contribution is 6.35. The number of hydrogen-bond acceptors (Lipinski definition) is 2. The van der Waals surface area contributed by atoms with Crippen molar-refractivity contribution in [3.8, 4) is 11.3 Å². The second-order valence-corrected chi connectivity index (χ2v) is 7.45. The highest BCUT2D eigenvalue weighted by Gasteiger charge is 2.14. The van der Waals surface area contributed by atoms with E-state index in [0.717, 1.165) is 11.1 Å². The highest BCUT2D eigenvalue weighted by Crippen LogP contribution is 2.32. The fourth-order valence-corrected chi connectivity index (χ4v) is 3.30. The molecule has 0 aliphatic carbocycles. The van der Waals surface area contributed by atoms with Crippen LogP contribution in [0.3, 0.4) is 0 Å². The minimum Gasteiger partial charge on any atom is -0.451 e. The van der Waals surface area contributed by atoms with Crippen LogP contribution in [0.1, 0.15) is 21.7 Å². The summed E-state index contributed by atoms with van der Waals surface area (Å²) >= 11 is 12.2. The van der Waals surface area contributed by atoms with Crippen molar-refractivity contribution in [3.63, 3.8) is 0 Å². The van der Waals surface area contributed by atoms with E-state index >= 15 is 0 Å². The number of amides is 1. The summed E-state index contributed by atoms with van der Waals surface area (Å²) in [6, 6.07) is 26.0. The van der Waals surface area contributed by atoms with Gasteiger partial charge in [0, 0.05) is 16.3 Å². The molecule has 0 aliphatic rings. The number of hydrogen-bond donors (Lipinski definition) is 1. The van der Waals surface area contributed by atoms with E-state index in [1.165, 1.54) is 0 Å². The number of benzene rings is 3. The maximum absolute atomic E-state index is 12.5. The number of carbonyl (C=O) groups excluding carboxylic acids is 1. The van der Waals surface area contributed by atoms with Crippen molar-refractivity contribution in [1.82, 2.24) is 0 Å². The van der Waals surface area contributed by atoms with E-state index in [4.69, 9.17) is 27.6 Å². The van der Waals surface area contributed by atoms with Gasteiger partial charge in [-0.15, -0.1) is 0 Å². The van der Waals surface area contributed by atoms with Crippen LogP contribution >= 0.6 is 23.2 Å². The Morgan fingerprint density at radius 1 is 0.800 bits per heavy atom. The molecule has 1 heterocycles. The molecule has 0 fully saturated rings. The zero-order chi connectivity index (χ0) is 20.9. The fraction of sp³-hybridized carbons (Fsp3) is 0. The van der Waals surface area contributed by atoms with Gasteiger partial charge in [0.1, 0.15) is 5.76 Å². The monoisotopic (exact) mass is 433 g/mol. The topological polar surface area (TPSA) is 42.2 Å². The van der Waals surface area contributed by atoms with Crippen molar-refractivity contribution in [2.24, 2.45) is 0 Å². The maximum Gasteiger partial charge on any atom is 0.291 e. The fourth-order valence-electron chi connectivity index (χ4n) is 2.92. The number of carbonyl (C=O) groups is 1. The van der Waals surface area contributed by atoms with Gasteiger partial charge in [0.25, 0.3) is 5.91 Å². The standard InChI is InChI=1S/C25H17Cl2NO2/c26-19-10-13-22(27)21(16-19)23-14-15-24(30-23)25(29)28-20-11-8-18(9-12-20)7-6-17-4-2-1-3-5-17/h1-16H,(H,28,29)/b7-6+. The Morgan fingerprint density at radius 3 is 2.23 bits per heavy atom. The van der Waals surface area contributed by atoms with Crippen molar-refractivity contribution in [1.29, 1.82) is 0 Å². The largest absolute Gasteiger partial charge is 0.451 e. The smallest absolute Gasteiger partial charge is 0.291 e. The third-order valence-corrected chi connectivity index (χ3v) is 5.02. The van der Waals surface area contributed by atoms with Gasteiger partial charge >= 0.3 is 0 Å². The van der Waals surface area contributed by atoms with Gasteiger partial charge in [-0.05, 0) is 53.6 Å². The van der Waals surface area contributed by atoms with Gasteiger partial charge in [-0.25, -0.2) is 0 Å². The Hall–Kier alpha value is -3.27. The number of nitrogens with one attached hydrogen (secondary N) is 1. The molecule has 5 heteroatoms. The van der Waals surface area contributed by atoms with Crippen LogP contribution in [0.15, 0.2) is 89.3 Å². The zero-order valence-corrected chi connectivity index (χ0v) is 17.3. The number of halogens is 2. The predicted molar refractivity (Wildman–Crippen MR) is 124 cm³/mol. The molecule has 148 valence electrons.